The zero-order chi connectivity index (χ0) is 16.8. The maximum Gasteiger partial charge on any atom is 0.407 e. The third-order valence-corrected chi connectivity index (χ3v) is 4.65. The number of carbonyl (C=O) groups is 1. The predicted molar refractivity (Wildman–Crippen MR) is 89.4 cm³/mol. The minimum atomic E-state index is -0.314. The molecule has 1 aromatic heterocycles. The van der Waals surface area contributed by atoms with E-state index in [0.717, 1.165) is 38.5 Å². The zero-order valence-electron chi connectivity index (χ0n) is 13.6. The summed E-state index contributed by atoms with van der Waals surface area (Å²) >= 11 is 5.81. The first-order valence-corrected chi connectivity index (χ1v) is 8.90. The van der Waals surface area contributed by atoms with Crippen molar-refractivity contribution in [2.24, 2.45) is 0 Å². The molecule has 1 aliphatic heterocycles. The van der Waals surface area contributed by atoms with Gasteiger partial charge in [-0.3, -0.25) is 0 Å². The van der Waals surface area contributed by atoms with Crippen LogP contribution in [0.4, 0.5) is 4.79 Å². The Morgan fingerprint density at radius 2 is 1.88 bits per heavy atom. The molecule has 2 fully saturated rings. The van der Waals surface area contributed by atoms with Crippen LogP contribution < -0.4 is 10.1 Å². The highest BCUT2D eigenvalue weighted by atomic mass is 35.5. The van der Waals surface area contributed by atoms with Crippen LogP contribution in [0.1, 0.15) is 38.5 Å². The zero-order valence-corrected chi connectivity index (χ0v) is 14.3. The smallest absolute Gasteiger partial charge is 0.407 e. The highest BCUT2D eigenvalue weighted by Gasteiger charge is 2.25. The van der Waals surface area contributed by atoms with Gasteiger partial charge in [-0.25, -0.2) is 9.78 Å². The maximum atomic E-state index is 12.0. The van der Waals surface area contributed by atoms with Crippen LogP contribution in [0.2, 0.25) is 5.02 Å². The summed E-state index contributed by atoms with van der Waals surface area (Å²) < 4.78 is 16.6. The Hall–Kier alpha value is -1.53. The van der Waals surface area contributed by atoms with Crippen molar-refractivity contribution in [3.05, 3.63) is 23.4 Å². The summed E-state index contributed by atoms with van der Waals surface area (Å²) in [5.41, 5.74) is 0. The normalized spacial score (nSPS) is 25.0. The average molecular weight is 355 g/mol. The van der Waals surface area contributed by atoms with Gasteiger partial charge in [-0.1, -0.05) is 11.6 Å². The van der Waals surface area contributed by atoms with Gasteiger partial charge >= 0.3 is 6.09 Å². The van der Waals surface area contributed by atoms with Crippen molar-refractivity contribution in [2.45, 2.75) is 56.8 Å². The second-order valence-corrected chi connectivity index (χ2v) is 6.70. The lowest BCUT2D eigenvalue weighted by molar-refractivity contribution is -0.0000336. The lowest BCUT2D eigenvalue weighted by Crippen LogP contribution is -2.41. The van der Waals surface area contributed by atoms with Gasteiger partial charge in [0.2, 0.25) is 5.88 Å². The monoisotopic (exact) mass is 354 g/mol. The van der Waals surface area contributed by atoms with Crippen LogP contribution in [0.3, 0.4) is 0 Å². The molecule has 24 heavy (non-hydrogen) atoms. The topological polar surface area (TPSA) is 69.7 Å². The number of nitrogens with one attached hydrogen (secondary N) is 1. The van der Waals surface area contributed by atoms with Crippen LogP contribution in [-0.2, 0) is 9.47 Å². The number of nitrogens with zero attached hydrogens (tertiary/aromatic N) is 1. The summed E-state index contributed by atoms with van der Waals surface area (Å²) in [4.78, 5) is 16.1. The average Bonchev–Trinajstić information content (AvgIpc) is 2.59. The van der Waals surface area contributed by atoms with Crippen molar-refractivity contribution in [1.29, 1.82) is 0 Å². The summed E-state index contributed by atoms with van der Waals surface area (Å²) in [6.07, 6.45) is 6.45. The summed E-state index contributed by atoms with van der Waals surface area (Å²) in [7, 11) is 0. The van der Waals surface area contributed by atoms with Gasteiger partial charge in [0, 0.05) is 31.1 Å². The number of carbonyl (C=O) groups excluding carboxylic acids is 1. The molecule has 1 aliphatic carbocycles. The van der Waals surface area contributed by atoms with Gasteiger partial charge in [0.15, 0.2) is 0 Å². The van der Waals surface area contributed by atoms with E-state index in [4.69, 9.17) is 25.8 Å². The number of alkyl carbamates (subject to hydrolysis) is 1. The third-order valence-electron chi connectivity index (χ3n) is 4.43. The molecule has 0 aromatic carbocycles. The molecule has 6 nitrogen and oxygen atoms in total. The number of hydrogen-bond donors (Lipinski definition) is 1. The Balaban J connectivity index is 1.37. The Labute approximate surface area is 146 Å². The highest BCUT2D eigenvalue weighted by molar-refractivity contribution is 6.30. The minimum Gasteiger partial charge on any atom is -0.474 e. The summed E-state index contributed by atoms with van der Waals surface area (Å²) in [6, 6.07) is 3.69. The van der Waals surface area contributed by atoms with Crippen LogP contribution in [0, 0.1) is 0 Å². The third kappa shape index (κ3) is 5.24. The quantitative estimate of drug-likeness (QED) is 0.898. The van der Waals surface area contributed by atoms with E-state index in [2.05, 4.69) is 10.3 Å². The fraction of sp³-hybridized carbons (Fsp3) is 0.647. The summed E-state index contributed by atoms with van der Waals surface area (Å²) in [5.74, 6) is 0.592. The molecule has 0 spiro atoms. The first-order chi connectivity index (χ1) is 11.7. The number of rotatable bonds is 4. The molecule has 0 atom stereocenters. The predicted octanol–water partition coefficient (Wildman–Crippen LogP) is 3.33. The van der Waals surface area contributed by atoms with Crippen LogP contribution in [-0.4, -0.2) is 42.5 Å². The number of amides is 1. The van der Waals surface area contributed by atoms with E-state index in [1.165, 1.54) is 0 Å². The minimum absolute atomic E-state index is 0.0191. The van der Waals surface area contributed by atoms with Crippen molar-refractivity contribution >= 4 is 17.7 Å². The molecule has 0 radical (unpaired) electrons. The van der Waals surface area contributed by atoms with Crippen LogP contribution >= 0.6 is 11.6 Å². The van der Waals surface area contributed by atoms with Crippen molar-refractivity contribution in [3.8, 4) is 5.88 Å². The molecule has 7 heteroatoms. The summed E-state index contributed by atoms with van der Waals surface area (Å²) in [6.45, 7) is 1.33. The van der Waals surface area contributed by atoms with Crippen LogP contribution in [0.5, 0.6) is 5.88 Å². The molecule has 2 heterocycles. The molecule has 1 saturated heterocycles. The van der Waals surface area contributed by atoms with Gasteiger partial charge in [-0.05, 0) is 31.7 Å². The first-order valence-electron chi connectivity index (χ1n) is 8.52. The molecule has 132 valence electrons. The number of aromatic nitrogens is 1. The van der Waals surface area contributed by atoms with Gasteiger partial charge < -0.3 is 19.5 Å². The van der Waals surface area contributed by atoms with Gasteiger partial charge in [-0.2, -0.15) is 0 Å². The van der Waals surface area contributed by atoms with E-state index >= 15 is 0 Å². The van der Waals surface area contributed by atoms with Gasteiger partial charge in [-0.15, -0.1) is 0 Å². The van der Waals surface area contributed by atoms with Crippen molar-refractivity contribution in [2.75, 3.05) is 13.2 Å². The molecule has 1 saturated carbocycles. The standard InChI is InChI=1S/C17H23ClN2O4/c18-12-1-6-16(19-11-12)23-14-4-2-13(3-5-14)20-17(21)24-15-7-9-22-10-8-15/h1,6,11,13-15H,2-5,7-10H2,(H,20,21). The van der Waals surface area contributed by atoms with Gasteiger partial charge in [0.05, 0.1) is 18.2 Å². The fourth-order valence-corrected chi connectivity index (χ4v) is 3.19. The van der Waals surface area contributed by atoms with Gasteiger partial charge in [0.1, 0.15) is 12.2 Å². The molecule has 3 rings (SSSR count). The molecule has 0 bridgehead atoms. The molecule has 1 amide bonds. The number of pyridine rings is 1. The van der Waals surface area contributed by atoms with E-state index in [1.54, 1.807) is 18.3 Å². The molecule has 1 aromatic rings. The fourth-order valence-electron chi connectivity index (χ4n) is 3.07. The lowest BCUT2D eigenvalue weighted by atomic mass is 9.93. The number of ether oxygens (including phenoxy) is 3. The largest absolute Gasteiger partial charge is 0.474 e. The van der Waals surface area contributed by atoms with E-state index in [1.807, 2.05) is 0 Å². The first kappa shape index (κ1) is 17.3. The second-order valence-electron chi connectivity index (χ2n) is 6.27. The molecular weight excluding hydrogens is 332 g/mol. The molecule has 1 N–H and O–H groups in total. The van der Waals surface area contributed by atoms with Crippen molar-refractivity contribution in [3.63, 3.8) is 0 Å². The molecular formula is C17H23ClN2O4. The van der Waals surface area contributed by atoms with Crippen LogP contribution in [0.15, 0.2) is 18.3 Å². The Morgan fingerprint density at radius 3 is 2.54 bits per heavy atom. The van der Waals surface area contributed by atoms with E-state index in [0.29, 0.717) is 24.1 Å². The Bertz CT molecular complexity index is 526. The van der Waals surface area contributed by atoms with Crippen molar-refractivity contribution in [1.82, 2.24) is 10.3 Å². The molecule has 2 aliphatic rings. The van der Waals surface area contributed by atoms with E-state index < -0.39 is 0 Å². The Morgan fingerprint density at radius 1 is 1.12 bits per heavy atom. The Kier molecular flexibility index (Phi) is 6.15. The summed E-state index contributed by atoms with van der Waals surface area (Å²) in [5, 5.41) is 3.56. The van der Waals surface area contributed by atoms with Crippen LogP contribution in [0.25, 0.3) is 0 Å². The van der Waals surface area contributed by atoms with E-state index in [-0.39, 0.29) is 24.3 Å². The van der Waals surface area contributed by atoms with Crippen molar-refractivity contribution < 1.29 is 19.0 Å². The number of hydrogen-bond acceptors (Lipinski definition) is 5. The lowest BCUT2D eigenvalue weighted by Gasteiger charge is -2.30. The van der Waals surface area contributed by atoms with E-state index in [9.17, 15) is 4.79 Å². The second kappa shape index (κ2) is 8.53. The highest BCUT2D eigenvalue weighted by Crippen LogP contribution is 2.23. The maximum absolute atomic E-state index is 12.0. The number of halogens is 1. The SMILES string of the molecule is O=C(NC1CCC(Oc2ccc(Cl)cn2)CC1)OC1CCOCC1. The molecule has 0 unspecified atom stereocenters. The van der Waals surface area contributed by atoms with Gasteiger partial charge in [0.25, 0.3) is 0 Å².